The maximum atomic E-state index is 8.56. The Balaban J connectivity index is 0. The summed E-state index contributed by atoms with van der Waals surface area (Å²) in [5.41, 5.74) is 2.64. The Labute approximate surface area is 128 Å². The van der Waals surface area contributed by atoms with Crippen LogP contribution in [0.3, 0.4) is 0 Å². The number of carboxylic acid groups (broad SMARTS) is 4. The van der Waals surface area contributed by atoms with Gasteiger partial charge in [0.15, 0.2) is 0 Å². The van der Waals surface area contributed by atoms with E-state index in [4.69, 9.17) is 30.0 Å². The zero-order valence-corrected chi connectivity index (χ0v) is 12.4. The van der Waals surface area contributed by atoms with Crippen molar-refractivity contribution in [2.24, 2.45) is 0 Å². The van der Waals surface area contributed by atoms with Crippen LogP contribution in [0.5, 0.6) is 0 Å². The second kappa shape index (κ2) is 14.4. The van der Waals surface area contributed by atoms with Gasteiger partial charge in [-0.05, 0) is 13.8 Å². The van der Waals surface area contributed by atoms with Gasteiger partial charge in [0.2, 0.25) is 0 Å². The van der Waals surface area contributed by atoms with Crippen LogP contribution in [0.25, 0.3) is 0 Å². The minimum absolute atomic E-state index is 1.32. The number of benzene rings is 2. The summed E-state index contributed by atoms with van der Waals surface area (Å²) in [5.74, 6) is 0. The van der Waals surface area contributed by atoms with Crippen LogP contribution in [-0.4, -0.2) is 32.7 Å². The predicted molar refractivity (Wildman–Crippen MR) is 83.7 cm³/mol. The standard InChI is InChI=1S/2C7H8.2CH2O3/c2*1-7-5-3-2-4-6-7;2*2-1(3)4/h2*2-6H,1H3;2*(H2,2,3,4). The molecule has 0 radical (unpaired) electrons. The van der Waals surface area contributed by atoms with Crippen molar-refractivity contribution >= 4 is 12.3 Å². The third kappa shape index (κ3) is 25.7. The molecule has 120 valence electrons. The first-order chi connectivity index (χ1) is 10.3. The Kier molecular flexibility index (Phi) is 13.9. The van der Waals surface area contributed by atoms with Gasteiger partial charge in [0.25, 0.3) is 0 Å². The fourth-order valence-corrected chi connectivity index (χ4v) is 1.07. The lowest BCUT2D eigenvalue weighted by Gasteiger charge is -1.82. The van der Waals surface area contributed by atoms with E-state index in [1.807, 2.05) is 36.4 Å². The zero-order valence-electron chi connectivity index (χ0n) is 12.4. The van der Waals surface area contributed by atoms with E-state index in [0.717, 1.165) is 0 Å². The van der Waals surface area contributed by atoms with Crippen molar-refractivity contribution < 1.29 is 30.0 Å². The molecule has 0 atom stereocenters. The smallest absolute Gasteiger partial charge is 0.450 e. The molecule has 0 amide bonds. The predicted octanol–water partition coefficient (Wildman–Crippen LogP) is 4.43. The van der Waals surface area contributed by atoms with Crippen LogP contribution in [0.1, 0.15) is 11.1 Å². The number of aryl methyl sites for hydroxylation is 2. The van der Waals surface area contributed by atoms with Crippen LogP contribution >= 0.6 is 0 Å². The molecule has 0 spiro atoms. The molecule has 0 aromatic heterocycles. The van der Waals surface area contributed by atoms with Crippen LogP contribution in [-0.2, 0) is 0 Å². The Hall–Kier alpha value is -3.02. The van der Waals surface area contributed by atoms with E-state index in [9.17, 15) is 0 Å². The molecule has 6 heteroatoms. The summed E-state index contributed by atoms with van der Waals surface area (Å²) in [4.78, 5) is 17.1. The van der Waals surface area contributed by atoms with Crippen LogP contribution in [0.4, 0.5) is 9.59 Å². The molecule has 0 aliphatic heterocycles. The number of rotatable bonds is 0. The quantitative estimate of drug-likeness (QED) is 0.572. The van der Waals surface area contributed by atoms with E-state index in [2.05, 4.69) is 38.1 Å². The average molecular weight is 308 g/mol. The maximum absolute atomic E-state index is 8.56. The SMILES string of the molecule is Cc1ccccc1.Cc1ccccc1.O=C(O)O.O=C(O)O. The van der Waals surface area contributed by atoms with Gasteiger partial charge in [-0.15, -0.1) is 0 Å². The van der Waals surface area contributed by atoms with Gasteiger partial charge in [-0.3, -0.25) is 0 Å². The van der Waals surface area contributed by atoms with Crippen LogP contribution < -0.4 is 0 Å². The Morgan fingerprint density at radius 3 is 0.864 bits per heavy atom. The molecule has 2 aromatic carbocycles. The molecular formula is C16H20O6. The van der Waals surface area contributed by atoms with Crippen LogP contribution in [0.15, 0.2) is 60.7 Å². The highest BCUT2D eigenvalue weighted by atomic mass is 16.6. The lowest BCUT2D eigenvalue weighted by molar-refractivity contribution is 0.135. The van der Waals surface area contributed by atoms with Gasteiger partial charge in [-0.2, -0.15) is 0 Å². The summed E-state index contributed by atoms with van der Waals surface area (Å²) in [6.07, 6.45) is -3.67. The van der Waals surface area contributed by atoms with Crippen molar-refractivity contribution in [3.05, 3.63) is 71.8 Å². The Morgan fingerprint density at radius 1 is 0.591 bits per heavy atom. The third-order valence-corrected chi connectivity index (χ3v) is 1.88. The van der Waals surface area contributed by atoms with Gasteiger partial charge in [0.05, 0.1) is 0 Å². The monoisotopic (exact) mass is 308 g/mol. The topological polar surface area (TPSA) is 115 Å². The van der Waals surface area contributed by atoms with Crippen molar-refractivity contribution in [2.75, 3.05) is 0 Å². The largest absolute Gasteiger partial charge is 0.503 e. The van der Waals surface area contributed by atoms with Crippen molar-refractivity contribution in [3.8, 4) is 0 Å². The molecule has 22 heavy (non-hydrogen) atoms. The molecule has 0 saturated carbocycles. The molecule has 6 nitrogen and oxygen atoms in total. The summed E-state index contributed by atoms with van der Waals surface area (Å²) in [6.45, 7) is 4.17. The van der Waals surface area contributed by atoms with E-state index in [-0.39, 0.29) is 0 Å². The minimum Gasteiger partial charge on any atom is -0.450 e. The van der Waals surface area contributed by atoms with Gasteiger partial charge in [0.1, 0.15) is 0 Å². The first kappa shape index (κ1) is 21.3. The summed E-state index contributed by atoms with van der Waals surface area (Å²) >= 11 is 0. The number of carbonyl (C=O) groups is 2. The Morgan fingerprint density at radius 2 is 0.773 bits per heavy atom. The van der Waals surface area contributed by atoms with Gasteiger partial charge in [-0.25, -0.2) is 9.59 Å². The molecule has 0 saturated heterocycles. The van der Waals surface area contributed by atoms with Gasteiger partial charge in [-0.1, -0.05) is 71.8 Å². The molecule has 0 unspecified atom stereocenters. The van der Waals surface area contributed by atoms with E-state index < -0.39 is 12.3 Å². The Bertz CT molecular complexity index is 453. The fourth-order valence-electron chi connectivity index (χ4n) is 1.07. The zero-order chi connectivity index (χ0) is 17.4. The average Bonchev–Trinajstić information content (AvgIpc) is 2.40. The van der Waals surface area contributed by atoms with Crippen molar-refractivity contribution in [3.63, 3.8) is 0 Å². The summed E-state index contributed by atoms with van der Waals surface area (Å²) < 4.78 is 0. The second-order valence-corrected chi connectivity index (χ2v) is 3.87. The molecule has 0 bridgehead atoms. The van der Waals surface area contributed by atoms with Gasteiger partial charge in [0, 0.05) is 0 Å². The first-order valence-corrected chi connectivity index (χ1v) is 6.12. The third-order valence-electron chi connectivity index (χ3n) is 1.88. The molecular weight excluding hydrogens is 288 g/mol. The first-order valence-electron chi connectivity index (χ1n) is 6.12. The van der Waals surface area contributed by atoms with Crippen LogP contribution in [0.2, 0.25) is 0 Å². The normalized spacial score (nSPS) is 7.73. The lowest BCUT2D eigenvalue weighted by atomic mass is 10.2. The van der Waals surface area contributed by atoms with Crippen molar-refractivity contribution in [2.45, 2.75) is 13.8 Å². The number of hydrogen-bond donors (Lipinski definition) is 4. The summed E-state index contributed by atoms with van der Waals surface area (Å²) in [7, 11) is 0. The van der Waals surface area contributed by atoms with Crippen molar-refractivity contribution in [1.29, 1.82) is 0 Å². The highest BCUT2D eigenvalue weighted by Gasteiger charge is 1.73. The highest BCUT2D eigenvalue weighted by molar-refractivity contribution is 5.53. The maximum Gasteiger partial charge on any atom is 0.503 e. The second-order valence-electron chi connectivity index (χ2n) is 3.87. The van der Waals surface area contributed by atoms with E-state index >= 15 is 0 Å². The van der Waals surface area contributed by atoms with Gasteiger partial charge < -0.3 is 20.4 Å². The van der Waals surface area contributed by atoms with E-state index in [1.54, 1.807) is 0 Å². The molecule has 2 rings (SSSR count). The summed E-state index contributed by atoms with van der Waals surface area (Å²) in [5, 5.41) is 27.9. The molecule has 0 aliphatic rings. The van der Waals surface area contributed by atoms with Crippen LogP contribution in [0, 0.1) is 13.8 Å². The number of hydrogen-bond acceptors (Lipinski definition) is 2. The lowest BCUT2D eigenvalue weighted by Crippen LogP contribution is -1.81. The van der Waals surface area contributed by atoms with Gasteiger partial charge >= 0.3 is 12.3 Å². The van der Waals surface area contributed by atoms with E-state index in [1.165, 1.54) is 11.1 Å². The molecule has 0 fully saturated rings. The molecule has 4 N–H and O–H groups in total. The highest BCUT2D eigenvalue weighted by Crippen LogP contribution is 1.92. The molecule has 2 aromatic rings. The van der Waals surface area contributed by atoms with E-state index in [0.29, 0.717) is 0 Å². The molecule has 0 heterocycles. The fraction of sp³-hybridized carbons (Fsp3) is 0.125. The van der Waals surface area contributed by atoms with Crippen molar-refractivity contribution in [1.82, 2.24) is 0 Å². The minimum atomic E-state index is -1.83. The molecule has 0 aliphatic carbocycles. The summed E-state index contributed by atoms with van der Waals surface area (Å²) in [6, 6.07) is 20.5.